The van der Waals surface area contributed by atoms with Gasteiger partial charge in [-0.15, -0.1) is 0 Å². The summed E-state index contributed by atoms with van der Waals surface area (Å²) in [5.74, 6) is -2.73. The zero-order valence-electron chi connectivity index (χ0n) is 30.2. The number of cyclic esters (lactones) is 1. The molecule has 0 aromatic heterocycles. The molecule has 1 atom stereocenters. The lowest BCUT2D eigenvalue weighted by atomic mass is 10.1. The predicted octanol–water partition coefficient (Wildman–Crippen LogP) is 6.98. The molecule has 2 aliphatic heterocycles. The van der Waals surface area contributed by atoms with Crippen molar-refractivity contribution in [2.45, 2.75) is 114 Å². The van der Waals surface area contributed by atoms with Crippen LogP contribution in [-0.2, 0) is 29.1 Å². The van der Waals surface area contributed by atoms with E-state index in [2.05, 4.69) is 17.2 Å². The van der Waals surface area contributed by atoms with E-state index in [1.54, 1.807) is 6.07 Å². The van der Waals surface area contributed by atoms with Crippen molar-refractivity contribution in [3.05, 3.63) is 48.0 Å². The molecule has 1 N–H and O–H groups in total. The van der Waals surface area contributed by atoms with Gasteiger partial charge in [-0.3, -0.25) is 13.9 Å². The highest BCUT2D eigenvalue weighted by Gasteiger charge is 2.55. The number of para-hydroxylation sites is 1. The number of nitrogens with one attached hydrogen (secondary N) is 1. The summed E-state index contributed by atoms with van der Waals surface area (Å²) in [4.78, 5) is 58.5. The van der Waals surface area contributed by atoms with E-state index in [1.807, 2.05) is 0 Å². The van der Waals surface area contributed by atoms with E-state index in [0.29, 0.717) is 4.90 Å². The molecule has 0 saturated carbocycles. The summed E-state index contributed by atoms with van der Waals surface area (Å²) in [6.45, 7) is 5.18. The van der Waals surface area contributed by atoms with Crippen LogP contribution >= 0.6 is 0 Å². The molecule has 1 unspecified atom stereocenters. The quantitative estimate of drug-likeness (QED) is 0.119. The van der Waals surface area contributed by atoms with Gasteiger partial charge in [0.15, 0.2) is 17.5 Å². The highest BCUT2D eigenvalue weighted by atomic mass is 32.2. The van der Waals surface area contributed by atoms with Gasteiger partial charge >= 0.3 is 12.1 Å². The van der Waals surface area contributed by atoms with Gasteiger partial charge in [-0.1, -0.05) is 89.7 Å². The molecule has 2 aromatic rings. The summed E-state index contributed by atoms with van der Waals surface area (Å²) in [7, 11) is -1.69. The molecule has 0 spiro atoms. The highest BCUT2D eigenvalue weighted by Crippen LogP contribution is 2.35. The minimum atomic E-state index is -4.22. The number of benzene rings is 2. The number of sulfonamides is 1. The fourth-order valence-electron chi connectivity index (χ4n) is 6.05. The van der Waals surface area contributed by atoms with E-state index < -0.39 is 51.4 Å². The number of hydrogen-bond donors (Lipinski definition) is 1. The molecule has 278 valence electrons. The largest absolute Gasteiger partial charge is 0.495 e. The van der Waals surface area contributed by atoms with Crippen LogP contribution in [0.5, 0.6) is 5.75 Å². The average molecular weight is 727 g/mol. The number of ether oxygens (including phenoxy) is 3. The molecule has 0 bridgehead atoms. The second-order valence-electron chi connectivity index (χ2n) is 13.3. The molecule has 0 aliphatic carbocycles. The number of anilines is 1. The minimum absolute atomic E-state index is 0.0221. The topological polar surface area (TPSA) is 161 Å². The molecule has 1 fully saturated rings. The smallest absolute Gasteiger partial charge is 0.418 e. The lowest BCUT2D eigenvalue weighted by molar-refractivity contribution is -0.137. The van der Waals surface area contributed by atoms with Crippen molar-refractivity contribution >= 4 is 51.1 Å². The molecule has 2 heterocycles. The summed E-state index contributed by atoms with van der Waals surface area (Å²) >= 11 is 0. The Balaban J connectivity index is 1.45. The average Bonchev–Trinajstić information content (AvgIpc) is 3.30. The maximum atomic E-state index is 14.1. The summed E-state index contributed by atoms with van der Waals surface area (Å²) in [5, 5.41) is 2.61. The van der Waals surface area contributed by atoms with Crippen LogP contribution in [-0.4, -0.2) is 79.7 Å². The van der Waals surface area contributed by atoms with Crippen LogP contribution in [0.25, 0.3) is 0 Å². The second-order valence-corrected chi connectivity index (χ2v) is 15.2. The number of aliphatic imine (C=N–C) groups is 1. The van der Waals surface area contributed by atoms with Crippen LogP contribution in [0, 0.1) is 0 Å². The predicted molar refractivity (Wildman–Crippen MR) is 193 cm³/mol. The SMILES string of the molecule is CCCCCCCCCCCCCCOC(=O)c1ccc(OC)c(NC(=O)C(C2=Nc3ccccc3S(=O)(=O)N2C)N2C(=O)OC(C)(C)C2=O)c1. The third-order valence-electron chi connectivity index (χ3n) is 9.01. The van der Waals surface area contributed by atoms with Crippen molar-refractivity contribution in [3.8, 4) is 5.75 Å². The third-order valence-corrected chi connectivity index (χ3v) is 10.8. The van der Waals surface area contributed by atoms with Crippen LogP contribution in [0.1, 0.15) is 108 Å². The maximum Gasteiger partial charge on any atom is 0.418 e. The van der Waals surface area contributed by atoms with E-state index in [4.69, 9.17) is 14.2 Å². The Hall–Kier alpha value is -4.46. The number of methoxy groups -OCH3 is 1. The molecule has 13 nitrogen and oxygen atoms in total. The van der Waals surface area contributed by atoms with Gasteiger partial charge in [-0.2, -0.15) is 0 Å². The maximum absolute atomic E-state index is 14.1. The number of hydrogen-bond acceptors (Lipinski definition) is 10. The number of nitrogens with zero attached hydrogens (tertiary/aromatic N) is 3. The summed E-state index contributed by atoms with van der Waals surface area (Å²) in [6, 6.07) is 8.33. The Morgan fingerprint density at radius 2 is 1.53 bits per heavy atom. The molecular formula is C37H50N4O9S. The van der Waals surface area contributed by atoms with Gasteiger partial charge in [-0.05, 0) is 50.6 Å². The molecule has 51 heavy (non-hydrogen) atoms. The number of fused-ring (bicyclic) bond motifs is 1. The zero-order valence-corrected chi connectivity index (χ0v) is 31.1. The van der Waals surface area contributed by atoms with Gasteiger partial charge in [-0.25, -0.2) is 27.9 Å². The first-order valence-corrected chi connectivity index (χ1v) is 19.2. The normalized spacial score (nSPS) is 16.6. The molecule has 1 saturated heterocycles. The van der Waals surface area contributed by atoms with E-state index in [9.17, 15) is 27.6 Å². The first kappa shape index (κ1) is 39.3. The van der Waals surface area contributed by atoms with Crippen LogP contribution in [0.3, 0.4) is 0 Å². The van der Waals surface area contributed by atoms with Crippen molar-refractivity contribution in [2.75, 3.05) is 26.1 Å². The van der Waals surface area contributed by atoms with Gasteiger partial charge in [0.05, 0.1) is 30.7 Å². The Labute approximate surface area is 300 Å². The van der Waals surface area contributed by atoms with Crippen LogP contribution in [0.4, 0.5) is 16.2 Å². The van der Waals surface area contributed by atoms with Crippen LogP contribution < -0.4 is 10.1 Å². The monoisotopic (exact) mass is 726 g/mol. The van der Waals surface area contributed by atoms with Crippen molar-refractivity contribution in [1.82, 2.24) is 9.21 Å². The van der Waals surface area contributed by atoms with Crippen molar-refractivity contribution in [2.24, 2.45) is 4.99 Å². The lowest BCUT2D eigenvalue weighted by Gasteiger charge is -2.33. The van der Waals surface area contributed by atoms with E-state index in [0.717, 1.165) is 30.0 Å². The number of esters is 1. The Morgan fingerprint density at radius 1 is 0.922 bits per heavy atom. The minimum Gasteiger partial charge on any atom is -0.495 e. The first-order valence-electron chi connectivity index (χ1n) is 17.7. The number of imide groups is 1. The standard InChI is InChI=1S/C37H50N4O9S/c1-6-7-8-9-10-11-12-13-14-15-16-19-24-49-34(43)26-22-23-29(48-5)28(25-26)39-33(42)31(41-35(44)37(2,3)50-36(41)45)32-38-27-20-17-18-21-30(27)51(46,47)40(32)4/h17-18,20-23,25,31H,6-16,19,24H2,1-5H3,(H,39,42). The van der Waals surface area contributed by atoms with Crippen LogP contribution in [0.15, 0.2) is 52.4 Å². The number of rotatable bonds is 19. The van der Waals surface area contributed by atoms with Gasteiger partial charge in [0.1, 0.15) is 10.6 Å². The van der Waals surface area contributed by atoms with E-state index in [-0.39, 0.29) is 34.2 Å². The number of amides is 3. The van der Waals surface area contributed by atoms with Gasteiger partial charge in [0.2, 0.25) is 0 Å². The molecule has 0 radical (unpaired) electrons. The highest BCUT2D eigenvalue weighted by molar-refractivity contribution is 7.90. The van der Waals surface area contributed by atoms with Crippen LogP contribution in [0.2, 0.25) is 0 Å². The first-order chi connectivity index (χ1) is 24.3. The van der Waals surface area contributed by atoms with E-state index in [1.165, 1.54) is 116 Å². The van der Waals surface area contributed by atoms with E-state index >= 15 is 0 Å². The fourth-order valence-corrected chi connectivity index (χ4v) is 7.36. The second kappa shape index (κ2) is 17.7. The molecule has 14 heteroatoms. The molecule has 2 aromatic carbocycles. The summed E-state index contributed by atoms with van der Waals surface area (Å²) in [6.07, 6.45) is 13.1. The van der Waals surface area contributed by atoms with Gasteiger partial charge < -0.3 is 19.5 Å². The zero-order chi connectivity index (χ0) is 37.2. The third kappa shape index (κ3) is 9.46. The Bertz CT molecular complexity index is 1720. The fraction of sp³-hybridized carbons (Fsp3) is 0.541. The number of carbonyl (C=O) groups excluding carboxylic acids is 4. The van der Waals surface area contributed by atoms with Crippen molar-refractivity contribution in [1.29, 1.82) is 0 Å². The number of amidine groups is 1. The molecule has 4 rings (SSSR count). The Kier molecular flexibility index (Phi) is 13.6. The molecule has 3 amide bonds. The van der Waals surface area contributed by atoms with Crippen molar-refractivity contribution in [3.63, 3.8) is 0 Å². The number of carbonyl (C=O) groups is 4. The molecular weight excluding hydrogens is 676 g/mol. The van der Waals surface area contributed by atoms with Gasteiger partial charge in [0, 0.05) is 7.05 Å². The number of unbranched alkanes of at least 4 members (excludes halogenated alkanes) is 11. The summed E-state index contributed by atoms with van der Waals surface area (Å²) < 4.78 is 43.9. The molecule has 2 aliphatic rings. The van der Waals surface area contributed by atoms with Crippen molar-refractivity contribution < 1.29 is 41.8 Å². The Morgan fingerprint density at radius 3 is 2.12 bits per heavy atom. The number of likely N-dealkylation sites (N-methyl/N-ethyl adjacent to an activating group) is 1. The lowest BCUT2D eigenvalue weighted by Crippen LogP contribution is -2.58. The summed E-state index contributed by atoms with van der Waals surface area (Å²) in [5.41, 5.74) is -1.45. The van der Waals surface area contributed by atoms with Gasteiger partial charge in [0.25, 0.3) is 21.8 Å².